The molecule has 16 heavy (non-hydrogen) atoms. The third-order valence-electron chi connectivity index (χ3n) is 2.09. The van der Waals surface area contributed by atoms with Gasteiger partial charge < -0.3 is 4.42 Å². The Morgan fingerprint density at radius 2 is 1.81 bits per heavy atom. The van der Waals surface area contributed by atoms with E-state index in [0.29, 0.717) is 0 Å². The van der Waals surface area contributed by atoms with Gasteiger partial charge in [-0.3, -0.25) is 0 Å². The lowest BCUT2D eigenvalue weighted by Crippen LogP contribution is -2.12. The quantitative estimate of drug-likeness (QED) is 0.891. The first kappa shape index (κ1) is 10.8. The minimum atomic E-state index is -3.54. The molecule has 0 fully saturated rings. The Morgan fingerprint density at radius 3 is 2.38 bits per heavy atom. The normalized spacial score (nSPS) is 11.3. The van der Waals surface area contributed by atoms with Crippen molar-refractivity contribution in [1.29, 1.82) is 0 Å². The molecule has 0 aliphatic heterocycles. The summed E-state index contributed by atoms with van der Waals surface area (Å²) >= 11 is 0. The van der Waals surface area contributed by atoms with Gasteiger partial charge in [-0.1, -0.05) is 17.7 Å². The topological polar surface area (TPSA) is 59.3 Å². The highest BCUT2D eigenvalue weighted by Crippen LogP contribution is 2.16. The van der Waals surface area contributed by atoms with Crippen molar-refractivity contribution in [3.63, 3.8) is 0 Å². The molecule has 4 nitrogen and oxygen atoms in total. The van der Waals surface area contributed by atoms with E-state index in [1.165, 1.54) is 6.26 Å². The monoisotopic (exact) mass is 237 g/mol. The van der Waals surface area contributed by atoms with E-state index in [9.17, 15) is 8.42 Å². The molecular weight excluding hydrogens is 226 g/mol. The minimum Gasteiger partial charge on any atom is -0.448 e. The number of nitrogens with one attached hydrogen (secondary N) is 1. The van der Waals surface area contributed by atoms with Crippen molar-refractivity contribution in [2.24, 2.45) is 0 Å². The lowest BCUT2D eigenvalue weighted by molar-refractivity contribution is 0.576. The molecule has 0 amide bonds. The second-order valence-corrected chi connectivity index (χ2v) is 5.08. The molecular formula is C11H11NO3S. The summed E-state index contributed by atoms with van der Waals surface area (Å²) in [5.41, 5.74) is 1.01. The highest BCUT2D eigenvalue weighted by molar-refractivity contribution is 7.92. The first-order valence-corrected chi connectivity index (χ1v) is 6.19. The molecule has 84 valence electrons. The van der Waals surface area contributed by atoms with Gasteiger partial charge in [-0.2, -0.15) is 0 Å². The average Bonchev–Trinajstić information content (AvgIpc) is 2.70. The van der Waals surface area contributed by atoms with E-state index in [-0.39, 0.29) is 10.8 Å². The molecule has 0 atom stereocenters. The number of benzene rings is 1. The van der Waals surface area contributed by atoms with E-state index in [1.54, 1.807) is 36.4 Å². The van der Waals surface area contributed by atoms with Gasteiger partial charge in [0.2, 0.25) is 5.88 Å². The van der Waals surface area contributed by atoms with Crippen molar-refractivity contribution in [1.82, 2.24) is 0 Å². The highest BCUT2D eigenvalue weighted by atomic mass is 32.2. The van der Waals surface area contributed by atoms with Gasteiger partial charge >= 0.3 is 0 Å². The number of hydrogen-bond donors (Lipinski definition) is 1. The van der Waals surface area contributed by atoms with Gasteiger partial charge in [-0.25, -0.2) is 13.1 Å². The van der Waals surface area contributed by atoms with Gasteiger partial charge in [0.15, 0.2) is 0 Å². The van der Waals surface area contributed by atoms with Crippen LogP contribution in [-0.4, -0.2) is 8.42 Å². The maximum atomic E-state index is 11.8. The Labute approximate surface area is 94.0 Å². The first-order chi connectivity index (χ1) is 7.58. The van der Waals surface area contributed by atoms with E-state index >= 15 is 0 Å². The third kappa shape index (κ3) is 2.25. The Hall–Kier alpha value is -1.75. The zero-order valence-electron chi connectivity index (χ0n) is 8.67. The van der Waals surface area contributed by atoms with Crippen LogP contribution in [0, 0.1) is 6.92 Å². The summed E-state index contributed by atoms with van der Waals surface area (Å²) in [4.78, 5) is 0.217. The summed E-state index contributed by atoms with van der Waals surface area (Å²) in [6, 6.07) is 9.77. The molecule has 2 rings (SSSR count). The molecule has 0 spiro atoms. The first-order valence-electron chi connectivity index (χ1n) is 4.71. The predicted molar refractivity (Wildman–Crippen MR) is 60.7 cm³/mol. The molecule has 0 unspecified atom stereocenters. The molecule has 0 aliphatic carbocycles. The summed E-state index contributed by atoms with van der Waals surface area (Å²) in [5.74, 6) is 0.209. The van der Waals surface area contributed by atoms with Crippen molar-refractivity contribution in [3.8, 4) is 0 Å². The molecule has 5 heteroatoms. The fraction of sp³-hybridized carbons (Fsp3) is 0.0909. The zero-order valence-corrected chi connectivity index (χ0v) is 9.49. The summed E-state index contributed by atoms with van der Waals surface area (Å²) < 4.78 is 30.9. The largest absolute Gasteiger partial charge is 0.448 e. The van der Waals surface area contributed by atoms with Crippen LogP contribution >= 0.6 is 0 Å². The van der Waals surface area contributed by atoms with Gasteiger partial charge in [0.05, 0.1) is 11.2 Å². The van der Waals surface area contributed by atoms with E-state index in [4.69, 9.17) is 4.42 Å². The van der Waals surface area contributed by atoms with E-state index in [0.717, 1.165) is 5.56 Å². The molecule has 0 radical (unpaired) electrons. The minimum absolute atomic E-state index is 0.209. The summed E-state index contributed by atoms with van der Waals surface area (Å²) in [6.07, 6.45) is 1.41. The molecule has 1 aromatic heterocycles. The summed E-state index contributed by atoms with van der Waals surface area (Å²) in [6.45, 7) is 1.90. The van der Waals surface area contributed by atoms with Crippen LogP contribution in [0.15, 0.2) is 52.0 Å². The Bertz CT molecular complexity index is 556. The van der Waals surface area contributed by atoms with Crippen LogP contribution in [0.1, 0.15) is 5.56 Å². The van der Waals surface area contributed by atoms with Crippen molar-refractivity contribution in [2.45, 2.75) is 11.8 Å². The number of rotatable bonds is 3. The van der Waals surface area contributed by atoms with Gasteiger partial charge in [-0.15, -0.1) is 0 Å². The molecule has 1 N–H and O–H groups in total. The van der Waals surface area contributed by atoms with E-state index in [2.05, 4.69) is 4.72 Å². The second kappa shape index (κ2) is 4.02. The molecule has 1 heterocycles. The zero-order chi connectivity index (χ0) is 11.6. The standard InChI is InChI=1S/C11H11NO3S/c1-9-4-6-10(7-5-9)16(13,14)12-11-3-2-8-15-11/h2-8,12H,1H3. The number of furan rings is 1. The number of hydrogen-bond acceptors (Lipinski definition) is 3. The fourth-order valence-electron chi connectivity index (χ4n) is 1.25. The number of aryl methyl sites for hydroxylation is 1. The van der Waals surface area contributed by atoms with Gasteiger partial charge in [0.1, 0.15) is 0 Å². The van der Waals surface area contributed by atoms with Crippen LogP contribution in [0.25, 0.3) is 0 Å². The number of sulfonamides is 1. The van der Waals surface area contributed by atoms with Crippen molar-refractivity contribution >= 4 is 15.9 Å². The molecule has 0 saturated carbocycles. The molecule has 0 saturated heterocycles. The lowest BCUT2D eigenvalue weighted by atomic mass is 10.2. The second-order valence-electron chi connectivity index (χ2n) is 3.40. The van der Waals surface area contributed by atoms with E-state index in [1.807, 2.05) is 6.92 Å². The van der Waals surface area contributed by atoms with Crippen LogP contribution in [0.5, 0.6) is 0 Å². The highest BCUT2D eigenvalue weighted by Gasteiger charge is 2.14. The Morgan fingerprint density at radius 1 is 1.12 bits per heavy atom. The lowest BCUT2D eigenvalue weighted by Gasteiger charge is -2.05. The maximum absolute atomic E-state index is 11.8. The fourth-order valence-corrected chi connectivity index (χ4v) is 2.24. The average molecular weight is 237 g/mol. The predicted octanol–water partition coefficient (Wildman–Crippen LogP) is 2.39. The third-order valence-corrected chi connectivity index (χ3v) is 3.45. The van der Waals surface area contributed by atoms with Crippen molar-refractivity contribution in [2.75, 3.05) is 4.72 Å². The molecule has 0 bridgehead atoms. The van der Waals surface area contributed by atoms with Crippen LogP contribution in [0.3, 0.4) is 0 Å². The van der Waals surface area contributed by atoms with Gasteiger partial charge in [-0.05, 0) is 25.1 Å². The number of anilines is 1. The van der Waals surface area contributed by atoms with Crippen LogP contribution in [0.4, 0.5) is 5.88 Å². The molecule has 0 aliphatic rings. The maximum Gasteiger partial charge on any atom is 0.264 e. The summed E-state index contributed by atoms with van der Waals surface area (Å²) in [5, 5.41) is 0. The van der Waals surface area contributed by atoms with Gasteiger partial charge in [0, 0.05) is 6.07 Å². The van der Waals surface area contributed by atoms with Crippen LogP contribution < -0.4 is 4.72 Å². The van der Waals surface area contributed by atoms with Gasteiger partial charge in [0.25, 0.3) is 10.0 Å². The molecule has 2 aromatic rings. The summed E-state index contributed by atoms with van der Waals surface area (Å²) in [7, 11) is -3.54. The Balaban J connectivity index is 2.29. The van der Waals surface area contributed by atoms with E-state index < -0.39 is 10.0 Å². The Kier molecular flexibility index (Phi) is 2.70. The van der Waals surface area contributed by atoms with Crippen LogP contribution in [-0.2, 0) is 10.0 Å². The van der Waals surface area contributed by atoms with Crippen LogP contribution in [0.2, 0.25) is 0 Å². The van der Waals surface area contributed by atoms with Crippen molar-refractivity contribution in [3.05, 3.63) is 48.2 Å². The molecule has 1 aromatic carbocycles. The smallest absolute Gasteiger partial charge is 0.264 e. The SMILES string of the molecule is Cc1ccc(S(=O)(=O)Nc2ccco2)cc1. The van der Waals surface area contributed by atoms with Crippen molar-refractivity contribution < 1.29 is 12.8 Å².